The maximum atomic E-state index is 11.4. The van der Waals surface area contributed by atoms with E-state index in [1.54, 1.807) is 11.8 Å². The van der Waals surface area contributed by atoms with E-state index in [0.717, 1.165) is 29.9 Å². The molecular formula is C13H18N2O3. The third-order valence-corrected chi connectivity index (χ3v) is 3.11. The van der Waals surface area contributed by atoms with E-state index in [1.807, 2.05) is 18.2 Å². The van der Waals surface area contributed by atoms with Crippen molar-refractivity contribution >= 4 is 17.3 Å². The topological polar surface area (TPSA) is 72.8 Å². The van der Waals surface area contributed by atoms with Gasteiger partial charge in [0.05, 0.1) is 12.7 Å². The second-order valence-corrected chi connectivity index (χ2v) is 4.48. The van der Waals surface area contributed by atoms with Crippen molar-refractivity contribution in [2.75, 3.05) is 29.9 Å². The summed E-state index contributed by atoms with van der Waals surface area (Å²) in [5.41, 5.74) is 3.00. The second kappa shape index (κ2) is 5.37. The van der Waals surface area contributed by atoms with Crippen molar-refractivity contribution in [2.24, 2.45) is 0 Å². The Kier molecular flexibility index (Phi) is 3.84. The molecule has 1 atom stereocenters. The second-order valence-electron chi connectivity index (χ2n) is 4.48. The number of amides is 1. The van der Waals surface area contributed by atoms with E-state index >= 15 is 0 Å². The van der Waals surface area contributed by atoms with Crippen molar-refractivity contribution < 1.29 is 15.0 Å². The summed E-state index contributed by atoms with van der Waals surface area (Å²) in [5.74, 6) is 0.0603. The lowest BCUT2D eigenvalue weighted by Crippen LogP contribution is -2.25. The first-order chi connectivity index (χ1) is 8.61. The number of rotatable bonds is 4. The summed E-state index contributed by atoms with van der Waals surface area (Å²) >= 11 is 0. The molecule has 3 N–H and O–H groups in total. The standard InChI is InChI=1S/C13H18N2O3/c1-9(17)15-5-4-10-6-11(2-3-13(10)15)14-7-12(18)8-16/h2-3,6,12,14,16,18H,4-5,7-8H2,1H3. The number of fused-ring (bicyclic) bond motifs is 1. The molecule has 1 unspecified atom stereocenters. The average molecular weight is 250 g/mol. The minimum atomic E-state index is -0.757. The molecule has 0 fully saturated rings. The first kappa shape index (κ1) is 12.9. The van der Waals surface area contributed by atoms with Crippen LogP contribution in [0.25, 0.3) is 0 Å². The molecule has 5 heteroatoms. The Morgan fingerprint density at radius 2 is 2.33 bits per heavy atom. The predicted octanol–water partition coefficient (Wildman–Crippen LogP) is 0.361. The van der Waals surface area contributed by atoms with Crippen LogP contribution >= 0.6 is 0 Å². The van der Waals surface area contributed by atoms with Gasteiger partial charge in [0.2, 0.25) is 5.91 Å². The minimum Gasteiger partial charge on any atom is -0.394 e. The summed E-state index contributed by atoms with van der Waals surface area (Å²) < 4.78 is 0. The van der Waals surface area contributed by atoms with Crippen LogP contribution < -0.4 is 10.2 Å². The normalized spacial score (nSPS) is 15.4. The van der Waals surface area contributed by atoms with Crippen LogP contribution in [0.2, 0.25) is 0 Å². The first-order valence-electron chi connectivity index (χ1n) is 6.05. The molecule has 1 aliphatic heterocycles. The first-order valence-corrected chi connectivity index (χ1v) is 6.05. The molecule has 0 bridgehead atoms. The molecule has 0 saturated heterocycles. The number of nitrogens with zero attached hydrogens (tertiary/aromatic N) is 1. The summed E-state index contributed by atoms with van der Waals surface area (Å²) in [7, 11) is 0. The zero-order valence-corrected chi connectivity index (χ0v) is 10.4. The van der Waals surface area contributed by atoms with Gasteiger partial charge >= 0.3 is 0 Å². The van der Waals surface area contributed by atoms with E-state index in [0.29, 0.717) is 6.54 Å². The van der Waals surface area contributed by atoms with Gasteiger partial charge in [0.15, 0.2) is 0 Å². The molecule has 0 radical (unpaired) electrons. The van der Waals surface area contributed by atoms with Gasteiger partial charge in [-0.05, 0) is 30.2 Å². The third kappa shape index (κ3) is 2.63. The van der Waals surface area contributed by atoms with Crippen LogP contribution in [0.15, 0.2) is 18.2 Å². The highest BCUT2D eigenvalue weighted by Gasteiger charge is 2.21. The van der Waals surface area contributed by atoms with Gasteiger partial charge in [0, 0.05) is 31.4 Å². The van der Waals surface area contributed by atoms with Gasteiger partial charge in [-0.15, -0.1) is 0 Å². The highest BCUT2D eigenvalue weighted by Crippen LogP contribution is 2.30. The van der Waals surface area contributed by atoms with E-state index < -0.39 is 6.10 Å². The van der Waals surface area contributed by atoms with Crippen molar-refractivity contribution in [2.45, 2.75) is 19.4 Å². The minimum absolute atomic E-state index is 0.0603. The molecule has 0 saturated carbocycles. The Labute approximate surface area is 106 Å². The van der Waals surface area contributed by atoms with Crippen LogP contribution in [0.5, 0.6) is 0 Å². The molecule has 1 heterocycles. The molecule has 0 aromatic heterocycles. The molecule has 1 aromatic rings. The van der Waals surface area contributed by atoms with Crippen LogP contribution in [0, 0.1) is 0 Å². The Balaban J connectivity index is 2.07. The van der Waals surface area contributed by atoms with Crippen molar-refractivity contribution in [3.8, 4) is 0 Å². The van der Waals surface area contributed by atoms with E-state index in [4.69, 9.17) is 5.11 Å². The Bertz CT molecular complexity index is 448. The van der Waals surface area contributed by atoms with E-state index in [9.17, 15) is 9.90 Å². The third-order valence-electron chi connectivity index (χ3n) is 3.11. The summed E-state index contributed by atoms with van der Waals surface area (Å²) in [6.45, 7) is 2.36. The molecule has 1 aliphatic rings. The van der Waals surface area contributed by atoms with Gasteiger partial charge in [-0.1, -0.05) is 0 Å². The summed E-state index contributed by atoms with van der Waals surface area (Å²) in [6, 6.07) is 5.78. The van der Waals surface area contributed by atoms with E-state index in [-0.39, 0.29) is 12.5 Å². The van der Waals surface area contributed by atoms with E-state index in [1.165, 1.54) is 0 Å². The van der Waals surface area contributed by atoms with Gasteiger partial charge in [-0.3, -0.25) is 4.79 Å². The van der Waals surface area contributed by atoms with Gasteiger partial charge in [0.1, 0.15) is 0 Å². The molecule has 18 heavy (non-hydrogen) atoms. The number of anilines is 2. The number of carbonyl (C=O) groups excluding carboxylic acids is 1. The lowest BCUT2D eigenvalue weighted by Gasteiger charge is -2.15. The van der Waals surface area contributed by atoms with Crippen LogP contribution in [0.3, 0.4) is 0 Å². The number of hydrogen-bond acceptors (Lipinski definition) is 4. The number of benzene rings is 1. The van der Waals surface area contributed by atoms with Crippen LogP contribution in [0.1, 0.15) is 12.5 Å². The fourth-order valence-electron chi connectivity index (χ4n) is 2.14. The molecule has 1 amide bonds. The number of nitrogens with one attached hydrogen (secondary N) is 1. The molecule has 1 aromatic carbocycles. The summed E-state index contributed by atoms with van der Waals surface area (Å²) in [4.78, 5) is 13.2. The van der Waals surface area contributed by atoms with E-state index in [2.05, 4.69) is 5.32 Å². The number of carbonyl (C=O) groups is 1. The quantitative estimate of drug-likeness (QED) is 0.721. The van der Waals surface area contributed by atoms with Crippen LogP contribution in [-0.2, 0) is 11.2 Å². The lowest BCUT2D eigenvalue weighted by atomic mass is 10.1. The van der Waals surface area contributed by atoms with Crippen LogP contribution in [0.4, 0.5) is 11.4 Å². The fourth-order valence-corrected chi connectivity index (χ4v) is 2.14. The van der Waals surface area contributed by atoms with Crippen molar-refractivity contribution in [3.05, 3.63) is 23.8 Å². The Hall–Kier alpha value is -1.59. The largest absolute Gasteiger partial charge is 0.394 e. The number of aliphatic hydroxyl groups is 2. The lowest BCUT2D eigenvalue weighted by molar-refractivity contribution is -0.116. The summed E-state index contributed by atoms with van der Waals surface area (Å²) in [5, 5.41) is 21.0. The molecule has 5 nitrogen and oxygen atoms in total. The molecule has 0 aliphatic carbocycles. The Morgan fingerprint density at radius 1 is 1.56 bits per heavy atom. The van der Waals surface area contributed by atoms with Gasteiger partial charge in [0.25, 0.3) is 0 Å². The average Bonchev–Trinajstić information content (AvgIpc) is 2.78. The van der Waals surface area contributed by atoms with Crippen molar-refractivity contribution in [1.82, 2.24) is 0 Å². The zero-order chi connectivity index (χ0) is 13.1. The van der Waals surface area contributed by atoms with Gasteiger partial charge in [-0.2, -0.15) is 0 Å². The zero-order valence-electron chi connectivity index (χ0n) is 10.4. The van der Waals surface area contributed by atoms with Gasteiger partial charge in [-0.25, -0.2) is 0 Å². The highest BCUT2D eigenvalue weighted by atomic mass is 16.3. The highest BCUT2D eigenvalue weighted by molar-refractivity contribution is 5.94. The maximum absolute atomic E-state index is 11.4. The van der Waals surface area contributed by atoms with Gasteiger partial charge < -0.3 is 20.4 Å². The number of hydrogen-bond donors (Lipinski definition) is 3. The van der Waals surface area contributed by atoms with Crippen molar-refractivity contribution in [1.29, 1.82) is 0 Å². The predicted molar refractivity (Wildman–Crippen MR) is 69.8 cm³/mol. The molecule has 2 rings (SSSR count). The fraction of sp³-hybridized carbons (Fsp3) is 0.462. The molecular weight excluding hydrogens is 232 g/mol. The number of aliphatic hydroxyl groups excluding tert-OH is 2. The maximum Gasteiger partial charge on any atom is 0.223 e. The monoisotopic (exact) mass is 250 g/mol. The smallest absolute Gasteiger partial charge is 0.223 e. The molecule has 0 spiro atoms. The SMILES string of the molecule is CC(=O)N1CCc2cc(NCC(O)CO)ccc21. The summed E-state index contributed by atoms with van der Waals surface area (Å²) in [6.07, 6.45) is 0.0967. The Morgan fingerprint density at radius 3 is 3.00 bits per heavy atom. The van der Waals surface area contributed by atoms with Crippen LogP contribution in [-0.4, -0.2) is 41.9 Å². The molecule has 98 valence electrons. The van der Waals surface area contributed by atoms with Crippen molar-refractivity contribution in [3.63, 3.8) is 0 Å².